The molecule has 1 radical (unpaired) electrons. The average Bonchev–Trinajstić information content (AvgIpc) is 1.84. The molecule has 0 aromatic rings. The van der Waals surface area contributed by atoms with Crippen molar-refractivity contribution in [3.05, 3.63) is 6.10 Å². The maximum atomic E-state index is 5.68. The molecule has 0 aliphatic rings. The second-order valence-electron chi connectivity index (χ2n) is 3.87. The summed E-state index contributed by atoms with van der Waals surface area (Å²) in [4.78, 5) is 0. The van der Waals surface area contributed by atoms with Crippen LogP contribution in [-0.2, 0) is 8.85 Å². The second kappa shape index (κ2) is 5.91. The molecule has 0 rings (SSSR count). The standard InChI is InChI=1S/C8H21O2Si2/c1-7(2)9-8(3,4)5-6-12-10-11/h5-6,12H2,1-4,11H3. The Balaban J connectivity index is 3.56. The average molecular weight is 205 g/mol. The molecule has 0 aliphatic heterocycles. The lowest BCUT2D eigenvalue weighted by Crippen LogP contribution is -2.25. The molecule has 0 spiro atoms. The van der Waals surface area contributed by atoms with Crippen LogP contribution in [0.5, 0.6) is 0 Å². The van der Waals surface area contributed by atoms with E-state index in [1.54, 1.807) is 0 Å². The van der Waals surface area contributed by atoms with Gasteiger partial charge >= 0.3 is 0 Å². The van der Waals surface area contributed by atoms with Gasteiger partial charge in [-0.2, -0.15) is 0 Å². The normalized spacial score (nSPS) is 13.8. The Hall–Kier alpha value is 0.354. The van der Waals surface area contributed by atoms with E-state index in [0.717, 1.165) is 23.0 Å². The van der Waals surface area contributed by atoms with Crippen molar-refractivity contribution in [2.75, 3.05) is 0 Å². The summed E-state index contributed by atoms with van der Waals surface area (Å²) in [5, 5.41) is 0. The van der Waals surface area contributed by atoms with Crippen LogP contribution >= 0.6 is 0 Å². The molecular weight excluding hydrogens is 184 g/mol. The Bertz CT molecular complexity index is 116. The molecule has 2 nitrogen and oxygen atoms in total. The predicted octanol–water partition coefficient (Wildman–Crippen LogP) is 0.543. The highest BCUT2D eigenvalue weighted by Gasteiger charge is 2.19. The largest absolute Gasteiger partial charge is 0.468 e. The van der Waals surface area contributed by atoms with Gasteiger partial charge in [-0.25, -0.2) is 0 Å². The van der Waals surface area contributed by atoms with Crippen molar-refractivity contribution in [3.63, 3.8) is 0 Å². The van der Waals surface area contributed by atoms with E-state index in [4.69, 9.17) is 8.85 Å². The van der Waals surface area contributed by atoms with Crippen LogP contribution in [-0.4, -0.2) is 25.9 Å². The van der Waals surface area contributed by atoms with Crippen molar-refractivity contribution in [2.45, 2.75) is 45.8 Å². The molecule has 0 heterocycles. The predicted molar refractivity (Wildman–Crippen MR) is 58.7 cm³/mol. The summed E-state index contributed by atoms with van der Waals surface area (Å²) in [6, 6.07) is 1.23. The zero-order valence-electron chi connectivity index (χ0n) is 8.94. The van der Waals surface area contributed by atoms with Gasteiger partial charge in [0.1, 0.15) is 20.2 Å². The highest BCUT2D eigenvalue weighted by molar-refractivity contribution is 6.34. The third-order valence-electron chi connectivity index (χ3n) is 1.61. The first-order valence-corrected chi connectivity index (χ1v) is 6.85. The molecule has 0 atom stereocenters. The molecule has 0 amide bonds. The van der Waals surface area contributed by atoms with Gasteiger partial charge in [0, 0.05) is 0 Å². The fraction of sp³-hybridized carbons (Fsp3) is 0.875. The van der Waals surface area contributed by atoms with Crippen molar-refractivity contribution in [1.82, 2.24) is 0 Å². The fourth-order valence-corrected chi connectivity index (χ4v) is 3.40. The van der Waals surface area contributed by atoms with Gasteiger partial charge in [0.05, 0.1) is 11.7 Å². The maximum absolute atomic E-state index is 5.68. The molecule has 0 saturated heterocycles. The molecule has 0 aromatic carbocycles. The smallest absolute Gasteiger partial charge is 0.145 e. The van der Waals surface area contributed by atoms with E-state index >= 15 is 0 Å². The number of hydrogen-bond acceptors (Lipinski definition) is 2. The summed E-state index contributed by atoms with van der Waals surface area (Å²) in [7, 11) is 0.684. The van der Waals surface area contributed by atoms with E-state index in [2.05, 4.69) is 13.8 Å². The van der Waals surface area contributed by atoms with Gasteiger partial charge in [-0.1, -0.05) is 0 Å². The topological polar surface area (TPSA) is 18.5 Å². The van der Waals surface area contributed by atoms with Crippen molar-refractivity contribution < 1.29 is 8.85 Å². The Morgan fingerprint density at radius 2 is 2.00 bits per heavy atom. The van der Waals surface area contributed by atoms with E-state index in [9.17, 15) is 0 Å². The van der Waals surface area contributed by atoms with Crippen LogP contribution in [0.2, 0.25) is 6.04 Å². The molecule has 73 valence electrons. The summed E-state index contributed by atoms with van der Waals surface area (Å²) < 4.78 is 10.9. The van der Waals surface area contributed by atoms with Crippen molar-refractivity contribution in [2.24, 2.45) is 0 Å². The summed E-state index contributed by atoms with van der Waals surface area (Å²) in [6.07, 6.45) is 2.17. The summed E-state index contributed by atoms with van der Waals surface area (Å²) >= 11 is 0. The van der Waals surface area contributed by atoms with Crippen molar-refractivity contribution in [1.29, 1.82) is 0 Å². The Kier molecular flexibility index (Phi) is 6.08. The summed E-state index contributed by atoms with van der Waals surface area (Å²) in [5.74, 6) is 0. The van der Waals surface area contributed by atoms with Crippen LogP contribution in [0.3, 0.4) is 0 Å². The van der Waals surface area contributed by atoms with Gasteiger partial charge in [-0.05, 0) is 40.2 Å². The highest BCUT2D eigenvalue weighted by Crippen LogP contribution is 2.21. The Morgan fingerprint density at radius 3 is 2.42 bits per heavy atom. The monoisotopic (exact) mass is 205 g/mol. The van der Waals surface area contributed by atoms with E-state index in [1.807, 2.05) is 13.8 Å². The lowest BCUT2D eigenvalue weighted by Gasteiger charge is -2.27. The fourth-order valence-electron chi connectivity index (χ4n) is 1.25. The van der Waals surface area contributed by atoms with E-state index < -0.39 is 0 Å². The Morgan fingerprint density at radius 1 is 1.42 bits per heavy atom. The molecule has 12 heavy (non-hydrogen) atoms. The van der Waals surface area contributed by atoms with Gasteiger partial charge in [0.15, 0.2) is 0 Å². The minimum Gasteiger partial charge on any atom is -0.468 e. The summed E-state index contributed by atoms with van der Waals surface area (Å²) in [6.45, 7) is 8.29. The van der Waals surface area contributed by atoms with Gasteiger partial charge in [-0.15, -0.1) is 0 Å². The maximum Gasteiger partial charge on any atom is 0.145 e. The second-order valence-corrected chi connectivity index (χ2v) is 7.29. The first kappa shape index (κ1) is 12.4. The molecule has 0 bridgehead atoms. The van der Waals surface area contributed by atoms with E-state index in [1.165, 1.54) is 6.04 Å². The third kappa shape index (κ3) is 7.03. The highest BCUT2D eigenvalue weighted by atomic mass is 28.3. The molecule has 0 aromatic heterocycles. The first-order chi connectivity index (χ1) is 5.48. The van der Waals surface area contributed by atoms with Crippen LogP contribution in [0.15, 0.2) is 0 Å². The minimum absolute atomic E-state index is 0.00587. The molecular formula is C8H21O2Si2. The Labute approximate surface area is 81.5 Å². The zero-order valence-corrected chi connectivity index (χ0v) is 12.4. The molecule has 0 saturated carbocycles. The first-order valence-electron chi connectivity index (χ1n) is 4.46. The van der Waals surface area contributed by atoms with Gasteiger partial charge < -0.3 is 8.85 Å². The minimum atomic E-state index is -0.220. The molecule has 0 fully saturated rings. The van der Waals surface area contributed by atoms with Crippen LogP contribution in [0.25, 0.3) is 0 Å². The molecule has 0 unspecified atom stereocenters. The quantitative estimate of drug-likeness (QED) is 0.466. The SMILES string of the molecule is C[C](C)OC(C)(C)CC[SiH2]O[SiH3]. The van der Waals surface area contributed by atoms with E-state index in [-0.39, 0.29) is 15.4 Å². The van der Waals surface area contributed by atoms with Crippen LogP contribution in [0.4, 0.5) is 0 Å². The summed E-state index contributed by atoms with van der Waals surface area (Å²) in [5.41, 5.74) is 0.00587. The van der Waals surface area contributed by atoms with Crippen LogP contribution in [0, 0.1) is 6.10 Å². The third-order valence-corrected chi connectivity index (χ3v) is 3.88. The zero-order chi connectivity index (χ0) is 9.61. The van der Waals surface area contributed by atoms with Crippen molar-refractivity contribution in [3.8, 4) is 0 Å². The number of hydrogen-bond donors (Lipinski definition) is 0. The van der Waals surface area contributed by atoms with Crippen molar-refractivity contribution >= 4 is 20.2 Å². The number of ether oxygens (including phenoxy) is 1. The van der Waals surface area contributed by atoms with E-state index in [0.29, 0.717) is 0 Å². The van der Waals surface area contributed by atoms with Gasteiger partial charge in [0.2, 0.25) is 0 Å². The number of rotatable bonds is 6. The van der Waals surface area contributed by atoms with Gasteiger partial charge in [0.25, 0.3) is 0 Å². The van der Waals surface area contributed by atoms with Gasteiger partial charge in [-0.3, -0.25) is 0 Å². The van der Waals surface area contributed by atoms with Crippen LogP contribution < -0.4 is 0 Å². The van der Waals surface area contributed by atoms with Crippen LogP contribution in [0.1, 0.15) is 34.1 Å². The molecule has 0 N–H and O–H groups in total. The lowest BCUT2D eigenvalue weighted by molar-refractivity contribution is -0.00429. The molecule has 0 aliphatic carbocycles. The molecule has 4 heteroatoms. The lowest BCUT2D eigenvalue weighted by atomic mass is 10.1.